The minimum atomic E-state index is -0.793. The number of hydrogen-bond acceptors (Lipinski definition) is 6. The Morgan fingerprint density at radius 3 is 1.15 bits per heavy atom. The van der Waals surface area contributed by atoms with Gasteiger partial charge in [0.1, 0.15) is 13.2 Å². The van der Waals surface area contributed by atoms with E-state index in [-0.39, 0.29) is 37.5 Å². The molecule has 0 N–H and O–H groups in total. The van der Waals surface area contributed by atoms with Gasteiger partial charge in [-0.05, 0) is 83.5 Å². The third-order valence-corrected chi connectivity index (χ3v) is 8.96. The lowest BCUT2D eigenvalue weighted by atomic mass is 10.1. The quantitative estimate of drug-likeness (QED) is 0.0270. The molecule has 0 spiro atoms. The molecular formula is C48H80O6. The van der Waals surface area contributed by atoms with E-state index < -0.39 is 6.10 Å². The van der Waals surface area contributed by atoms with Gasteiger partial charge in [0.15, 0.2) is 6.10 Å². The first-order chi connectivity index (χ1) is 26.5. The number of ether oxygens (including phenoxy) is 3. The SMILES string of the molecule is CC/C=C\C/C=C\C/C=C\CCCCCCCC(=O)OCC(COC(=O)CCCCCCCCCC)OC(=O)CCCCC/C=C\C/C=C\C/C=C\CC. The van der Waals surface area contributed by atoms with E-state index in [1.54, 1.807) is 0 Å². The zero-order valence-corrected chi connectivity index (χ0v) is 35.0. The monoisotopic (exact) mass is 753 g/mol. The van der Waals surface area contributed by atoms with Crippen LogP contribution in [-0.2, 0) is 28.6 Å². The average molecular weight is 753 g/mol. The Morgan fingerprint density at radius 2 is 0.722 bits per heavy atom. The zero-order valence-electron chi connectivity index (χ0n) is 35.0. The van der Waals surface area contributed by atoms with E-state index >= 15 is 0 Å². The topological polar surface area (TPSA) is 78.9 Å². The third kappa shape index (κ3) is 40.0. The summed E-state index contributed by atoms with van der Waals surface area (Å²) in [5.74, 6) is -0.952. The molecule has 0 aliphatic heterocycles. The molecule has 0 rings (SSSR count). The van der Waals surface area contributed by atoms with Crippen LogP contribution in [0.15, 0.2) is 72.9 Å². The summed E-state index contributed by atoms with van der Waals surface area (Å²) in [4.78, 5) is 37.6. The molecule has 1 unspecified atom stereocenters. The molecule has 0 saturated heterocycles. The molecule has 0 heterocycles. The van der Waals surface area contributed by atoms with Gasteiger partial charge < -0.3 is 14.2 Å². The molecule has 308 valence electrons. The number of carbonyl (C=O) groups excluding carboxylic acids is 3. The van der Waals surface area contributed by atoms with Crippen molar-refractivity contribution in [2.45, 2.75) is 200 Å². The normalized spacial score (nSPS) is 12.7. The summed E-state index contributed by atoms with van der Waals surface area (Å²) >= 11 is 0. The van der Waals surface area contributed by atoms with E-state index in [0.717, 1.165) is 122 Å². The van der Waals surface area contributed by atoms with E-state index in [1.807, 2.05) is 0 Å². The number of hydrogen-bond donors (Lipinski definition) is 0. The van der Waals surface area contributed by atoms with Crippen LogP contribution in [0.4, 0.5) is 0 Å². The maximum absolute atomic E-state index is 12.7. The predicted octanol–water partition coefficient (Wildman–Crippen LogP) is 13.9. The van der Waals surface area contributed by atoms with Gasteiger partial charge in [-0.2, -0.15) is 0 Å². The van der Waals surface area contributed by atoms with Crippen molar-refractivity contribution in [1.82, 2.24) is 0 Å². The Bertz CT molecular complexity index is 1050. The first-order valence-electron chi connectivity index (χ1n) is 21.9. The number of esters is 3. The highest BCUT2D eigenvalue weighted by atomic mass is 16.6. The highest BCUT2D eigenvalue weighted by Crippen LogP contribution is 2.12. The van der Waals surface area contributed by atoms with Crippen molar-refractivity contribution in [1.29, 1.82) is 0 Å². The number of rotatable bonds is 38. The minimum absolute atomic E-state index is 0.0932. The van der Waals surface area contributed by atoms with Crippen LogP contribution in [0.25, 0.3) is 0 Å². The molecule has 0 bridgehead atoms. The number of unbranched alkanes of at least 4 members (excludes halogenated alkanes) is 15. The van der Waals surface area contributed by atoms with Crippen molar-refractivity contribution in [2.75, 3.05) is 13.2 Å². The fourth-order valence-electron chi connectivity index (χ4n) is 5.70. The highest BCUT2D eigenvalue weighted by molar-refractivity contribution is 5.71. The molecular weight excluding hydrogens is 673 g/mol. The second-order valence-corrected chi connectivity index (χ2v) is 14.2. The molecule has 0 aromatic rings. The van der Waals surface area contributed by atoms with Crippen LogP contribution in [-0.4, -0.2) is 37.2 Å². The lowest BCUT2D eigenvalue weighted by Gasteiger charge is -2.18. The second kappa shape index (κ2) is 42.6. The molecule has 0 aliphatic rings. The van der Waals surface area contributed by atoms with Crippen LogP contribution in [0.3, 0.4) is 0 Å². The van der Waals surface area contributed by atoms with Crippen LogP contribution in [0, 0.1) is 0 Å². The summed E-state index contributed by atoms with van der Waals surface area (Å²) in [6.07, 6.45) is 51.8. The van der Waals surface area contributed by atoms with E-state index in [0.29, 0.717) is 12.8 Å². The lowest BCUT2D eigenvalue weighted by Crippen LogP contribution is -2.30. The van der Waals surface area contributed by atoms with Gasteiger partial charge in [-0.15, -0.1) is 0 Å². The summed E-state index contributed by atoms with van der Waals surface area (Å²) in [5.41, 5.74) is 0. The maximum Gasteiger partial charge on any atom is 0.306 e. The molecule has 0 aromatic carbocycles. The molecule has 0 aromatic heterocycles. The van der Waals surface area contributed by atoms with Gasteiger partial charge in [0.05, 0.1) is 0 Å². The molecule has 0 saturated carbocycles. The van der Waals surface area contributed by atoms with E-state index in [9.17, 15) is 14.4 Å². The van der Waals surface area contributed by atoms with Gasteiger partial charge in [0, 0.05) is 19.3 Å². The molecule has 6 nitrogen and oxygen atoms in total. The summed E-state index contributed by atoms with van der Waals surface area (Å²) in [7, 11) is 0. The molecule has 1 atom stereocenters. The zero-order chi connectivity index (χ0) is 39.4. The van der Waals surface area contributed by atoms with E-state index in [4.69, 9.17) is 14.2 Å². The molecule has 54 heavy (non-hydrogen) atoms. The first-order valence-corrected chi connectivity index (χ1v) is 21.9. The Kier molecular flexibility index (Phi) is 40.1. The fraction of sp³-hybridized carbons (Fsp3) is 0.688. The standard InChI is InChI=1S/C48H80O6/c1-4-7-10-13-16-19-21-23-24-26-27-29-32-35-38-41-47(50)53-44-45(43-52-46(49)40-37-34-31-18-15-12-9-6-3)54-48(51)42-39-36-33-30-28-25-22-20-17-14-11-8-5-2/h7-8,10-11,16-17,19-20,23-25,28,45H,4-6,9,12-15,18,21-22,26-27,29-44H2,1-3H3/b10-7-,11-8-,19-16-,20-17-,24-23-,28-25-. The van der Waals surface area contributed by atoms with Crippen molar-refractivity contribution in [3.63, 3.8) is 0 Å². The maximum atomic E-state index is 12.7. The summed E-state index contributed by atoms with van der Waals surface area (Å²) < 4.78 is 16.6. The highest BCUT2D eigenvalue weighted by Gasteiger charge is 2.19. The summed E-state index contributed by atoms with van der Waals surface area (Å²) in [5, 5.41) is 0. The summed E-state index contributed by atoms with van der Waals surface area (Å²) in [6, 6.07) is 0. The van der Waals surface area contributed by atoms with Crippen LogP contribution in [0.5, 0.6) is 0 Å². The van der Waals surface area contributed by atoms with Crippen LogP contribution < -0.4 is 0 Å². The smallest absolute Gasteiger partial charge is 0.306 e. The molecule has 0 aliphatic carbocycles. The van der Waals surface area contributed by atoms with Gasteiger partial charge in [0.25, 0.3) is 0 Å². The first kappa shape index (κ1) is 50.9. The van der Waals surface area contributed by atoms with Gasteiger partial charge >= 0.3 is 17.9 Å². The largest absolute Gasteiger partial charge is 0.462 e. The van der Waals surface area contributed by atoms with Gasteiger partial charge in [0.2, 0.25) is 0 Å². The van der Waals surface area contributed by atoms with Crippen molar-refractivity contribution >= 4 is 17.9 Å². The predicted molar refractivity (Wildman–Crippen MR) is 228 cm³/mol. The number of allylic oxidation sites excluding steroid dienone is 12. The van der Waals surface area contributed by atoms with Crippen molar-refractivity contribution in [3.8, 4) is 0 Å². The fourth-order valence-corrected chi connectivity index (χ4v) is 5.70. The van der Waals surface area contributed by atoms with Gasteiger partial charge in [-0.25, -0.2) is 0 Å². The number of carbonyl (C=O) groups is 3. The molecule has 0 fully saturated rings. The average Bonchev–Trinajstić information content (AvgIpc) is 3.17. The Labute approximate surface area is 332 Å². The van der Waals surface area contributed by atoms with Crippen LogP contribution in [0.1, 0.15) is 194 Å². The summed E-state index contributed by atoms with van der Waals surface area (Å²) in [6.45, 7) is 6.31. The van der Waals surface area contributed by atoms with E-state index in [2.05, 4.69) is 93.7 Å². The minimum Gasteiger partial charge on any atom is -0.462 e. The van der Waals surface area contributed by atoms with Crippen LogP contribution >= 0.6 is 0 Å². The van der Waals surface area contributed by atoms with Crippen molar-refractivity contribution in [3.05, 3.63) is 72.9 Å². The lowest BCUT2D eigenvalue weighted by molar-refractivity contribution is -0.167. The van der Waals surface area contributed by atoms with Crippen molar-refractivity contribution in [2.24, 2.45) is 0 Å². The Hall–Kier alpha value is -3.15. The molecule has 0 radical (unpaired) electrons. The third-order valence-electron chi connectivity index (χ3n) is 8.96. The van der Waals surface area contributed by atoms with Crippen molar-refractivity contribution < 1.29 is 28.6 Å². The van der Waals surface area contributed by atoms with Crippen LogP contribution in [0.2, 0.25) is 0 Å². The molecule has 0 amide bonds. The Balaban J connectivity index is 4.43. The second-order valence-electron chi connectivity index (χ2n) is 14.2. The Morgan fingerprint density at radius 1 is 0.389 bits per heavy atom. The van der Waals surface area contributed by atoms with Gasteiger partial charge in [-0.1, -0.05) is 164 Å². The van der Waals surface area contributed by atoms with Gasteiger partial charge in [-0.3, -0.25) is 14.4 Å². The molecule has 6 heteroatoms. The van der Waals surface area contributed by atoms with E-state index in [1.165, 1.54) is 32.1 Å².